The SMILES string of the molecule is CC(C)(Br)C(=O)c1ccc(C(C)(C)C)cc1. The number of hydrogen-bond acceptors (Lipinski definition) is 1. The van der Waals surface area contributed by atoms with Crippen LogP contribution in [0.15, 0.2) is 24.3 Å². The molecule has 0 aliphatic rings. The predicted molar refractivity (Wildman–Crippen MR) is 72.5 cm³/mol. The lowest BCUT2D eigenvalue weighted by Crippen LogP contribution is -2.24. The minimum Gasteiger partial charge on any atom is -0.293 e. The molecule has 0 atom stereocenters. The molecule has 0 amide bonds. The van der Waals surface area contributed by atoms with E-state index < -0.39 is 4.32 Å². The van der Waals surface area contributed by atoms with Crippen LogP contribution in [0.4, 0.5) is 0 Å². The van der Waals surface area contributed by atoms with Crippen LogP contribution in [0.5, 0.6) is 0 Å². The smallest absolute Gasteiger partial charge is 0.178 e. The van der Waals surface area contributed by atoms with E-state index in [2.05, 4.69) is 36.7 Å². The van der Waals surface area contributed by atoms with E-state index in [1.165, 1.54) is 5.56 Å². The lowest BCUT2D eigenvalue weighted by atomic mass is 9.86. The molecule has 0 aliphatic carbocycles. The summed E-state index contributed by atoms with van der Waals surface area (Å²) in [5.74, 6) is 0.118. The van der Waals surface area contributed by atoms with E-state index in [4.69, 9.17) is 0 Å². The standard InChI is InChI=1S/C14H19BrO/c1-13(2,3)11-8-6-10(7-9-11)12(16)14(4,5)15/h6-9H,1-5H3. The monoisotopic (exact) mass is 282 g/mol. The molecule has 1 rings (SSSR count). The average molecular weight is 283 g/mol. The number of carbonyl (C=O) groups excluding carboxylic acids is 1. The maximum Gasteiger partial charge on any atom is 0.178 e. The molecule has 88 valence electrons. The maximum absolute atomic E-state index is 12.0. The third kappa shape index (κ3) is 3.18. The summed E-state index contributed by atoms with van der Waals surface area (Å²) in [6.07, 6.45) is 0. The van der Waals surface area contributed by atoms with Gasteiger partial charge >= 0.3 is 0 Å². The molecular formula is C14H19BrO. The van der Waals surface area contributed by atoms with Crippen molar-refractivity contribution in [1.82, 2.24) is 0 Å². The predicted octanol–water partition coefficient (Wildman–Crippen LogP) is 4.34. The molecule has 2 heteroatoms. The van der Waals surface area contributed by atoms with Crippen LogP contribution in [0.1, 0.15) is 50.5 Å². The fourth-order valence-electron chi connectivity index (χ4n) is 1.46. The largest absolute Gasteiger partial charge is 0.293 e. The normalized spacial score (nSPS) is 12.6. The zero-order chi connectivity index (χ0) is 12.6. The van der Waals surface area contributed by atoms with Gasteiger partial charge in [-0.25, -0.2) is 0 Å². The van der Waals surface area contributed by atoms with Crippen molar-refractivity contribution >= 4 is 21.7 Å². The second-order valence-corrected chi connectivity index (χ2v) is 7.61. The molecule has 0 heterocycles. The fraction of sp³-hybridized carbons (Fsp3) is 0.500. The Hall–Kier alpha value is -0.630. The van der Waals surface area contributed by atoms with Crippen molar-refractivity contribution in [2.24, 2.45) is 0 Å². The molecule has 0 unspecified atom stereocenters. The highest BCUT2D eigenvalue weighted by Crippen LogP contribution is 2.25. The summed E-state index contributed by atoms with van der Waals surface area (Å²) in [6.45, 7) is 10.2. The Morgan fingerprint density at radius 3 is 1.75 bits per heavy atom. The van der Waals surface area contributed by atoms with Gasteiger partial charge in [-0.1, -0.05) is 61.0 Å². The first-order chi connectivity index (χ1) is 7.12. The first kappa shape index (κ1) is 13.4. The summed E-state index contributed by atoms with van der Waals surface area (Å²) in [5.41, 5.74) is 2.14. The van der Waals surface area contributed by atoms with Crippen LogP contribution < -0.4 is 0 Å². The molecular weight excluding hydrogens is 264 g/mol. The van der Waals surface area contributed by atoms with Gasteiger partial charge in [0.1, 0.15) is 0 Å². The van der Waals surface area contributed by atoms with Crippen LogP contribution >= 0.6 is 15.9 Å². The van der Waals surface area contributed by atoms with Gasteiger partial charge in [0.2, 0.25) is 0 Å². The van der Waals surface area contributed by atoms with E-state index in [-0.39, 0.29) is 11.2 Å². The first-order valence-corrected chi connectivity index (χ1v) is 6.26. The number of halogens is 1. The van der Waals surface area contributed by atoms with Crippen molar-refractivity contribution in [2.75, 3.05) is 0 Å². The summed E-state index contributed by atoms with van der Waals surface area (Å²) in [6, 6.07) is 7.88. The molecule has 0 fully saturated rings. The van der Waals surface area contributed by atoms with E-state index in [0.29, 0.717) is 0 Å². The molecule has 0 saturated carbocycles. The highest BCUT2D eigenvalue weighted by Gasteiger charge is 2.25. The average Bonchev–Trinajstić information content (AvgIpc) is 2.14. The Labute approximate surface area is 106 Å². The minimum absolute atomic E-state index is 0.118. The number of hydrogen-bond donors (Lipinski definition) is 0. The number of ketones is 1. The third-order valence-electron chi connectivity index (χ3n) is 2.55. The second-order valence-electron chi connectivity index (χ2n) is 5.63. The van der Waals surface area contributed by atoms with E-state index in [1.807, 2.05) is 38.1 Å². The van der Waals surface area contributed by atoms with Crippen molar-refractivity contribution < 1.29 is 4.79 Å². The van der Waals surface area contributed by atoms with E-state index >= 15 is 0 Å². The van der Waals surface area contributed by atoms with Gasteiger partial charge in [0.25, 0.3) is 0 Å². The van der Waals surface area contributed by atoms with Crippen molar-refractivity contribution in [3.8, 4) is 0 Å². The molecule has 0 aliphatic heterocycles. The Balaban J connectivity index is 3.01. The number of carbonyl (C=O) groups is 1. The van der Waals surface area contributed by atoms with Gasteiger partial charge in [-0.15, -0.1) is 0 Å². The minimum atomic E-state index is -0.490. The van der Waals surface area contributed by atoms with Crippen molar-refractivity contribution in [3.63, 3.8) is 0 Å². The maximum atomic E-state index is 12.0. The lowest BCUT2D eigenvalue weighted by molar-refractivity contribution is 0.0961. The molecule has 0 spiro atoms. The fourth-order valence-corrected chi connectivity index (χ4v) is 1.69. The first-order valence-electron chi connectivity index (χ1n) is 5.46. The molecule has 1 nitrogen and oxygen atoms in total. The zero-order valence-electron chi connectivity index (χ0n) is 10.6. The van der Waals surface area contributed by atoms with E-state index in [1.54, 1.807) is 0 Å². The molecule has 16 heavy (non-hydrogen) atoms. The van der Waals surface area contributed by atoms with Gasteiger partial charge in [-0.2, -0.15) is 0 Å². The number of alkyl halides is 1. The van der Waals surface area contributed by atoms with Crippen LogP contribution in [0.2, 0.25) is 0 Å². The van der Waals surface area contributed by atoms with Gasteiger partial charge in [-0.05, 0) is 24.8 Å². The Morgan fingerprint density at radius 2 is 1.44 bits per heavy atom. The molecule has 0 aromatic heterocycles. The summed E-state index contributed by atoms with van der Waals surface area (Å²) in [7, 11) is 0. The van der Waals surface area contributed by atoms with E-state index in [9.17, 15) is 4.79 Å². The topological polar surface area (TPSA) is 17.1 Å². The molecule has 0 N–H and O–H groups in total. The van der Waals surface area contributed by atoms with Gasteiger partial charge in [0.05, 0.1) is 4.32 Å². The number of benzene rings is 1. The van der Waals surface area contributed by atoms with Crippen LogP contribution in [-0.2, 0) is 5.41 Å². The van der Waals surface area contributed by atoms with Crippen molar-refractivity contribution in [1.29, 1.82) is 0 Å². The summed E-state index contributed by atoms with van der Waals surface area (Å²) >= 11 is 3.39. The summed E-state index contributed by atoms with van der Waals surface area (Å²) in [5, 5.41) is 0. The molecule has 1 aromatic rings. The van der Waals surface area contributed by atoms with Crippen LogP contribution in [0.25, 0.3) is 0 Å². The van der Waals surface area contributed by atoms with Crippen molar-refractivity contribution in [2.45, 2.75) is 44.4 Å². The van der Waals surface area contributed by atoms with E-state index in [0.717, 1.165) is 5.56 Å². The van der Waals surface area contributed by atoms with Gasteiger partial charge in [-0.3, -0.25) is 4.79 Å². The zero-order valence-corrected chi connectivity index (χ0v) is 12.2. The van der Waals surface area contributed by atoms with Crippen LogP contribution in [0, 0.1) is 0 Å². The van der Waals surface area contributed by atoms with Gasteiger partial charge in [0, 0.05) is 5.56 Å². The highest BCUT2D eigenvalue weighted by atomic mass is 79.9. The molecule has 0 radical (unpaired) electrons. The summed E-state index contributed by atoms with van der Waals surface area (Å²) < 4.78 is -0.490. The van der Waals surface area contributed by atoms with Crippen molar-refractivity contribution in [3.05, 3.63) is 35.4 Å². The Bertz CT molecular complexity index is 377. The molecule has 1 aromatic carbocycles. The van der Waals surface area contributed by atoms with Crippen LogP contribution in [0.3, 0.4) is 0 Å². The highest BCUT2D eigenvalue weighted by molar-refractivity contribution is 9.10. The number of Topliss-reactive ketones (excluding diaryl/α,β-unsaturated/α-hetero) is 1. The quantitative estimate of drug-likeness (QED) is 0.583. The lowest BCUT2D eigenvalue weighted by Gasteiger charge is -2.20. The Kier molecular flexibility index (Phi) is 3.63. The second kappa shape index (κ2) is 4.33. The Morgan fingerprint density at radius 1 is 1.00 bits per heavy atom. The van der Waals surface area contributed by atoms with Crippen LogP contribution in [-0.4, -0.2) is 10.1 Å². The summed E-state index contributed by atoms with van der Waals surface area (Å²) in [4.78, 5) is 12.0. The molecule has 0 bridgehead atoms. The van der Waals surface area contributed by atoms with Gasteiger partial charge in [0.15, 0.2) is 5.78 Å². The third-order valence-corrected chi connectivity index (χ3v) is 2.91. The molecule has 0 saturated heterocycles. The number of rotatable bonds is 2. The van der Waals surface area contributed by atoms with Gasteiger partial charge < -0.3 is 0 Å².